The van der Waals surface area contributed by atoms with Crippen LogP contribution >= 0.6 is 23.2 Å². The van der Waals surface area contributed by atoms with Crippen LogP contribution in [0.4, 0.5) is 0 Å². The number of nitrogens with two attached hydrogens (primary N) is 1. The van der Waals surface area contributed by atoms with Gasteiger partial charge in [0.1, 0.15) is 5.75 Å². The quantitative estimate of drug-likeness (QED) is 0.764. The third-order valence-electron chi connectivity index (χ3n) is 2.10. The third kappa shape index (κ3) is 1.62. The fraction of sp³-hybridized carbons (Fsp3) is 0.333. The number of phenolic OH excluding ortho intramolecular Hbond substituents is 1. The van der Waals surface area contributed by atoms with Crippen molar-refractivity contribution in [1.82, 2.24) is 0 Å². The fourth-order valence-corrected chi connectivity index (χ4v) is 1.72. The lowest BCUT2D eigenvalue weighted by atomic mass is 10.1. The molecule has 0 atom stereocenters. The Hall–Kier alpha value is -0.440. The monoisotopic (exact) mass is 219 g/mol. The lowest BCUT2D eigenvalue weighted by Gasteiger charge is -2.12. The van der Waals surface area contributed by atoms with E-state index in [2.05, 4.69) is 0 Å². The summed E-state index contributed by atoms with van der Waals surface area (Å²) in [5, 5.41) is 10.6. The SMILES string of the molecule is Cc1c(O)c(CN)c(Cl)c(C)c1Cl. The predicted octanol–water partition coefficient (Wildman–Crippen LogP) is 2.77. The molecule has 0 aromatic heterocycles. The lowest BCUT2D eigenvalue weighted by molar-refractivity contribution is 0.464. The molecule has 2 nitrogen and oxygen atoms in total. The van der Waals surface area contributed by atoms with Crippen LogP contribution in [0.3, 0.4) is 0 Å². The highest BCUT2D eigenvalue weighted by Gasteiger charge is 2.15. The molecule has 0 saturated carbocycles. The highest BCUT2D eigenvalue weighted by atomic mass is 35.5. The van der Waals surface area contributed by atoms with Crippen molar-refractivity contribution in [2.45, 2.75) is 20.4 Å². The zero-order chi connectivity index (χ0) is 10.2. The molecule has 13 heavy (non-hydrogen) atoms. The van der Waals surface area contributed by atoms with E-state index in [9.17, 15) is 5.11 Å². The first-order valence-corrected chi connectivity index (χ1v) is 4.62. The van der Waals surface area contributed by atoms with Crippen LogP contribution in [-0.2, 0) is 6.54 Å². The van der Waals surface area contributed by atoms with Crippen LogP contribution < -0.4 is 5.73 Å². The Morgan fingerprint density at radius 3 is 2.15 bits per heavy atom. The van der Waals surface area contributed by atoms with Crippen LogP contribution in [0.2, 0.25) is 10.0 Å². The van der Waals surface area contributed by atoms with Gasteiger partial charge in [0.05, 0.1) is 10.0 Å². The van der Waals surface area contributed by atoms with Crippen molar-refractivity contribution in [3.8, 4) is 5.75 Å². The number of benzene rings is 1. The second-order valence-corrected chi connectivity index (χ2v) is 3.67. The Morgan fingerprint density at radius 1 is 1.15 bits per heavy atom. The Balaban J connectivity index is 3.56. The van der Waals surface area contributed by atoms with Gasteiger partial charge in [-0.2, -0.15) is 0 Å². The fourth-order valence-electron chi connectivity index (χ4n) is 1.22. The van der Waals surface area contributed by atoms with Crippen molar-refractivity contribution in [2.75, 3.05) is 0 Å². The average molecular weight is 220 g/mol. The second-order valence-electron chi connectivity index (χ2n) is 2.91. The van der Waals surface area contributed by atoms with E-state index in [-0.39, 0.29) is 12.3 Å². The van der Waals surface area contributed by atoms with Crippen LogP contribution in [0, 0.1) is 13.8 Å². The average Bonchev–Trinajstić information content (AvgIpc) is 2.13. The maximum atomic E-state index is 9.63. The van der Waals surface area contributed by atoms with E-state index in [1.807, 2.05) is 0 Å². The molecule has 1 rings (SSSR count). The smallest absolute Gasteiger partial charge is 0.125 e. The molecule has 4 heteroatoms. The maximum absolute atomic E-state index is 9.63. The molecule has 0 aliphatic carbocycles. The van der Waals surface area contributed by atoms with Crippen LogP contribution in [-0.4, -0.2) is 5.11 Å². The van der Waals surface area contributed by atoms with Gasteiger partial charge in [0.25, 0.3) is 0 Å². The first-order valence-electron chi connectivity index (χ1n) is 3.86. The first-order chi connectivity index (χ1) is 6.00. The predicted molar refractivity (Wildman–Crippen MR) is 55.5 cm³/mol. The summed E-state index contributed by atoms with van der Waals surface area (Å²) in [6.45, 7) is 3.75. The molecule has 0 amide bonds. The standard InChI is InChI=1S/C9H11Cl2NO/c1-4-7(10)5(2)9(13)6(3-12)8(4)11/h13H,3,12H2,1-2H3. The molecule has 0 unspecified atom stereocenters. The molecule has 0 heterocycles. The van der Waals surface area contributed by atoms with E-state index in [0.717, 1.165) is 5.56 Å². The molecule has 0 fully saturated rings. The minimum Gasteiger partial charge on any atom is -0.507 e. The highest BCUT2D eigenvalue weighted by Crippen LogP contribution is 2.37. The van der Waals surface area contributed by atoms with Gasteiger partial charge in [0, 0.05) is 17.7 Å². The largest absolute Gasteiger partial charge is 0.507 e. The normalized spacial score (nSPS) is 10.5. The summed E-state index contributed by atoms with van der Waals surface area (Å²) in [5.41, 5.74) is 7.40. The van der Waals surface area contributed by atoms with E-state index in [0.29, 0.717) is 21.2 Å². The van der Waals surface area contributed by atoms with Crippen molar-refractivity contribution in [3.63, 3.8) is 0 Å². The third-order valence-corrected chi connectivity index (χ3v) is 3.18. The molecule has 3 N–H and O–H groups in total. The zero-order valence-corrected chi connectivity index (χ0v) is 9.00. The molecule has 0 saturated heterocycles. The molecule has 0 bridgehead atoms. The zero-order valence-electron chi connectivity index (χ0n) is 7.49. The summed E-state index contributed by atoms with van der Waals surface area (Å²) in [6.07, 6.45) is 0. The summed E-state index contributed by atoms with van der Waals surface area (Å²) in [6, 6.07) is 0. The number of rotatable bonds is 1. The van der Waals surface area contributed by atoms with E-state index in [1.165, 1.54) is 0 Å². The lowest BCUT2D eigenvalue weighted by Crippen LogP contribution is -2.01. The number of phenols is 1. The van der Waals surface area contributed by atoms with Crippen molar-refractivity contribution < 1.29 is 5.11 Å². The van der Waals surface area contributed by atoms with E-state index in [4.69, 9.17) is 28.9 Å². The van der Waals surface area contributed by atoms with Gasteiger partial charge in [-0.15, -0.1) is 0 Å². The number of aromatic hydroxyl groups is 1. The highest BCUT2D eigenvalue weighted by molar-refractivity contribution is 6.37. The van der Waals surface area contributed by atoms with Gasteiger partial charge in [0.15, 0.2) is 0 Å². The van der Waals surface area contributed by atoms with Gasteiger partial charge < -0.3 is 10.8 Å². The van der Waals surface area contributed by atoms with Gasteiger partial charge in [-0.3, -0.25) is 0 Å². The molecular weight excluding hydrogens is 209 g/mol. The Morgan fingerprint density at radius 2 is 1.69 bits per heavy atom. The summed E-state index contributed by atoms with van der Waals surface area (Å²) in [7, 11) is 0. The Kier molecular flexibility index (Phi) is 3.06. The molecule has 1 aromatic rings. The topological polar surface area (TPSA) is 46.2 Å². The molecule has 1 aromatic carbocycles. The summed E-state index contributed by atoms with van der Waals surface area (Å²) in [4.78, 5) is 0. The number of hydrogen-bond acceptors (Lipinski definition) is 2. The molecule has 0 aliphatic heterocycles. The summed E-state index contributed by atoms with van der Waals surface area (Å²) >= 11 is 11.9. The van der Waals surface area contributed by atoms with E-state index >= 15 is 0 Å². The van der Waals surface area contributed by atoms with Crippen molar-refractivity contribution in [1.29, 1.82) is 0 Å². The van der Waals surface area contributed by atoms with Gasteiger partial charge in [-0.1, -0.05) is 23.2 Å². The van der Waals surface area contributed by atoms with Crippen LogP contribution in [0.1, 0.15) is 16.7 Å². The summed E-state index contributed by atoms with van der Waals surface area (Å²) < 4.78 is 0. The van der Waals surface area contributed by atoms with Gasteiger partial charge >= 0.3 is 0 Å². The maximum Gasteiger partial charge on any atom is 0.125 e. The minimum atomic E-state index is 0.100. The Bertz CT molecular complexity index is 321. The van der Waals surface area contributed by atoms with Crippen molar-refractivity contribution in [2.24, 2.45) is 5.73 Å². The molecular formula is C9H11Cl2NO. The minimum absolute atomic E-state index is 0.100. The molecule has 0 aliphatic rings. The van der Waals surface area contributed by atoms with E-state index < -0.39 is 0 Å². The molecule has 72 valence electrons. The number of halogens is 2. The molecule has 0 spiro atoms. The van der Waals surface area contributed by atoms with Crippen molar-refractivity contribution >= 4 is 23.2 Å². The van der Waals surface area contributed by atoms with Crippen LogP contribution in [0.5, 0.6) is 5.75 Å². The van der Waals surface area contributed by atoms with Crippen LogP contribution in [0.15, 0.2) is 0 Å². The second kappa shape index (κ2) is 3.74. The first kappa shape index (κ1) is 10.6. The van der Waals surface area contributed by atoms with Gasteiger partial charge in [-0.25, -0.2) is 0 Å². The molecule has 0 radical (unpaired) electrons. The Labute approximate surface area is 87.3 Å². The summed E-state index contributed by atoms with van der Waals surface area (Å²) in [5.74, 6) is 0.100. The van der Waals surface area contributed by atoms with Crippen LogP contribution in [0.25, 0.3) is 0 Å². The van der Waals surface area contributed by atoms with Gasteiger partial charge in [0.2, 0.25) is 0 Å². The van der Waals surface area contributed by atoms with Gasteiger partial charge in [-0.05, 0) is 19.4 Å². The van der Waals surface area contributed by atoms with E-state index in [1.54, 1.807) is 13.8 Å². The van der Waals surface area contributed by atoms with Crippen molar-refractivity contribution in [3.05, 3.63) is 26.7 Å². The number of hydrogen-bond donors (Lipinski definition) is 2.